The lowest BCUT2D eigenvalue weighted by Crippen LogP contribution is -2.54. The Morgan fingerprint density at radius 3 is 0.814 bits per heavy atom. The Morgan fingerprint density at radius 1 is 0.343 bits per heavy atom. The van der Waals surface area contributed by atoms with Gasteiger partial charge in [0.25, 0.3) is 0 Å². The first-order chi connectivity index (χ1) is 33.9. The number of carbonyl (C=O) groups excluding carboxylic acids is 3. The average Bonchev–Trinajstić information content (AvgIpc) is 3.33. The van der Waals surface area contributed by atoms with Gasteiger partial charge in [-0.15, -0.1) is 0 Å². The van der Waals surface area contributed by atoms with E-state index in [0.717, 1.165) is 77.0 Å². The maximum Gasteiger partial charge on any atom is 0.500 e. The van der Waals surface area contributed by atoms with E-state index in [1.807, 2.05) is 41.5 Å². The number of hydrogen-bond donors (Lipinski definition) is 6. The van der Waals surface area contributed by atoms with Gasteiger partial charge in [-0.05, 0) is 99.3 Å². The van der Waals surface area contributed by atoms with Crippen LogP contribution in [0.15, 0.2) is 14.4 Å². The highest BCUT2D eigenvalue weighted by Crippen LogP contribution is 2.19. The van der Waals surface area contributed by atoms with E-state index in [4.69, 9.17) is 26.6 Å². The van der Waals surface area contributed by atoms with Crippen LogP contribution in [-0.4, -0.2) is 128 Å². The van der Waals surface area contributed by atoms with E-state index < -0.39 is 34.7 Å². The van der Waals surface area contributed by atoms with Gasteiger partial charge in [-0.1, -0.05) is 58.3 Å². The molecule has 0 bridgehead atoms. The van der Waals surface area contributed by atoms with Crippen molar-refractivity contribution in [1.82, 2.24) is 45.6 Å². The van der Waals surface area contributed by atoms with Gasteiger partial charge in [-0.2, -0.15) is 0 Å². The molecule has 0 saturated carbocycles. The summed E-state index contributed by atoms with van der Waals surface area (Å²) in [5, 5.41) is 17.3. The first-order valence-corrected chi connectivity index (χ1v) is 30.6. The predicted octanol–water partition coefficient (Wildman–Crippen LogP) is 5.82. The van der Waals surface area contributed by atoms with Crippen LogP contribution in [0.3, 0.4) is 0 Å². The summed E-state index contributed by atoms with van der Waals surface area (Å²) in [5.41, 5.74) is -1.80. The molecule has 70 heavy (non-hydrogen) atoms. The molecule has 6 amide bonds. The van der Waals surface area contributed by atoms with Crippen LogP contribution in [0.2, 0.25) is 12.1 Å². The number of nitrogens with one attached hydrogen (secondary N) is 6. The van der Waals surface area contributed by atoms with Crippen LogP contribution in [0, 0.1) is 0 Å². The Bertz CT molecular complexity index is 1590. The molecule has 0 fully saturated rings. The molecule has 0 saturated heterocycles. The molecule has 0 aliphatic carbocycles. The first kappa shape index (κ1) is 64.4. The van der Waals surface area contributed by atoms with E-state index in [0.29, 0.717) is 123 Å². The second-order valence-electron chi connectivity index (χ2n) is 17.0. The number of urea groups is 3. The topological polar surface area (TPSA) is 245 Å². The van der Waals surface area contributed by atoms with Crippen molar-refractivity contribution in [2.75, 3.05) is 78.9 Å². The average molecular weight is 1030 g/mol. The molecule has 6 N–H and O–H groups in total. The maximum atomic E-state index is 13.7. The maximum absolute atomic E-state index is 13.7. The second kappa shape index (κ2) is 40.9. The minimum absolute atomic E-state index is 0.172. The Balaban J connectivity index is 2.72. The lowest BCUT2D eigenvalue weighted by molar-refractivity contribution is 0.0700. The molecule has 0 atom stereocenters. The van der Waals surface area contributed by atoms with E-state index in [1.54, 1.807) is 0 Å². The van der Waals surface area contributed by atoms with Gasteiger partial charge in [-0.3, -0.25) is 0 Å². The summed E-state index contributed by atoms with van der Waals surface area (Å²) in [6.07, 6.45) is 12.9. The predicted molar refractivity (Wildman–Crippen MR) is 278 cm³/mol. The molecule has 1 heterocycles. The molecule has 21 nitrogen and oxygen atoms in total. The van der Waals surface area contributed by atoms with Crippen molar-refractivity contribution < 1.29 is 40.9 Å². The molecule has 23 heteroatoms. The van der Waals surface area contributed by atoms with Crippen LogP contribution in [0.1, 0.15) is 158 Å². The molecule has 0 unspecified atom stereocenters. The fourth-order valence-corrected chi connectivity index (χ4v) is 13.1. The van der Waals surface area contributed by atoms with Gasteiger partial charge in [0.05, 0.1) is 0 Å². The van der Waals surface area contributed by atoms with Gasteiger partial charge in [0.2, 0.25) is 0 Å². The third-order valence-electron chi connectivity index (χ3n) is 11.3. The van der Waals surface area contributed by atoms with Crippen molar-refractivity contribution in [3.05, 3.63) is 31.5 Å². The van der Waals surface area contributed by atoms with E-state index in [2.05, 4.69) is 38.8 Å². The lowest BCUT2D eigenvalue weighted by atomic mass is 10.2. The second-order valence-corrected chi connectivity index (χ2v) is 22.4. The minimum Gasteiger partial charge on any atom is -0.374 e. The standard InChI is InChI=1S/C47H95N9O12Si2/c1-8-15-22-31-48-42(57)49-32-23-16-19-26-37-54-45(60)55(38-27-20-17-24-33-50-43(58)52-35-29-40-69(63-9-2,64-10-3)65-11-4)47(62)56(46(54)61)39-28-21-18-25-34-51-44(59)53-36-30-41-70(66-12-5,67-13-6)68-14-7/h8-41H2,1-7H3,(H2,48,49,57)(H2,50,52,58)(H2,51,53,59). The summed E-state index contributed by atoms with van der Waals surface area (Å²) in [4.78, 5) is 77.9. The Hall–Kier alpha value is -3.59. The number of hydrogen-bond acceptors (Lipinski definition) is 12. The van der Waals surface area contributed by atoms with Gasteiger partial charge in [0.1, 0.15) is 0 Å². The first-order valence-electron chi connectivity index (χ1n) is 26.8. The van der Waals surface area contributed by atoms with Gasteiger partial charge in [0, 0.05) is 111 Å². The molecule has 1 rings (SSSR count). The molecule has 1 aromatic rings. The zero-order chi connectivity index (χ0) is 51.7. The molecular weight excluding hydrogens is 939 g/mol. The normalized spacial score (nSPS) is 11.7. The number of unbranched alkanes of at least 4 members (excludes halogenated alkanes) is 11. The number of amides is 6. The number of carbonyl (C=O) groups is 3. The highest BCUT2D eigenvalue weighted by molar-refractivity contribution is 6.61. The summed E-state index contributed by atoms with van der Waals surface area (Å²) in [6.45, 7) is 20.2. The van der Waals surface area contributed by atoms with Gasteiger partial charge in [-0.25, -0.2) is 42.5 Å². The number of rotatable bonds is 45. The van der Waals surface area contributed by atoms with Crippen molar-refractivity contribution in [1.29, 1.82) is 0 Å². The number of nitrogens with zero attached hydrogens (tertiary/aromatic N) is 3. The van der Waals surface area contributed by atoms with Gasteiger partial charge < -0.3 is 58.5 Å². The van der Waals surface area contributed by atoms with Crippen molar-refractivity contribution in [2.45, 2.75) is 189 Å². The SMILES string of the molecule is CCCCCNC(=O)NCCCCCCn1c(=O)n(CCCCCCNC(=O)NCCC[Si](OCC)(OCC)OCC)c(=O)n(CCCCCCNC(=O)NCCC[Si](OCC)(OCC)OCC)c1=O. The van der Waals surface area contributed by atoms with E-state index in [-0.39, 0.29) is 37.7 Å². The third-order valence-corrected chi connectivity index (χ3v) is 17.6. The molecule has 408 valence electrons. The molecule has 0 aliphatic heterocycles. The quantitative estimate of drug-likeness (QED) is 0.0335. The summed E-state index contributed by atoms with van der Waals surface area (Å²) in [7, 11) is -5.52. The summed E-state index contributed by atoms with van der Waals surface area (Å²) >= 11 is 0. The van der Waals surface area contributed by atoms with Crippen LogP contribution in [0.5, 0.6) is 0 Å². The molecular formula is C47H95N9O12Si2. The molecule has 0 aromatic carbocycles. The summed E-state index contributed by atoms with van der Waals surface area (Å²) < 4.78 is 38.9. The monoisotopic (exact) mass is 1030 g/mol. The highest BCUT2D eigenvalue weighted by atomic mass is 28.4. The summed E-state index contributed by atoms with van der Waals surface area (Å²) in [5.74, 6) is 0. The van der Waals surface area contributed by atoms with Crippen LogP contribution in [-0.2, 0) is 46.2 Å². The van der Waals surface area contributed by atoms with Crippen LogP contribution >= 0.6 is 0 Å². The molecule has 0 aliphatic rings. The smallest absolute Gasteiger partial charge is 0.374 e. The zero-order valence-electron chi connectivity index (χ0n) is 44.3. The third kappa shape index (κ3) is 27.9. The Kier molecular flexibility index (Phi) is 37.7. The van der Waals surface area contributed by atoms with E-state index >= 15 is 0 Å². The van der Waals surface area contributed by atoms with E-state index in [1.165, 1.54) is 13.7 Å². The highest BCUT2D eigenvalue weighted by Gasteiger charge is 2.40. The Morgan fingerprint density at radius 2 is 0.571 bits per heavy atom. The largest absolute Gasteiger partial charge is 0.500 e. The van der Waals surface area contributed by atoms with Crippen LogP contribution in [0.4, 0.5) is 14.4 Å². The van der Waals surface area contributed by atoms with Gasteiger partial charge >= 0.3 is 52.8 Å². The fourth-order valence-electron chi connectivity index (χ4n) is 7.89. The van der Waals surface area contributed by atoms with Crippen molar-refractivity contribution in [2.24, 2.45) is 0 Å². The number of aromatic nitrogens is 3. The zero-order valence-corrected chi connectivity index (χ0v) is 46.3. The summed E-state index contributed by atoms with van der Waals surface area (Å²) in [6, 6.07) is 0.546. The fraction of sp³-hybridized carbons (Fsp3) is 0.872. The van der Waals surface area contributed by atoms with Crippen LogP contribution < -0.4 is 49.0 Å². The minimum atomic E-state index is -2.76. The molecule has 1 aromatic heterocycles. The van der Waals surface area contributed by atoms with E-state index in [9.17, 15) is 28.8 Å². The van der Waals surface area contributed by atoms with Crippen molar-refractivity contribution in [3.8, 4) is 0 Å². The van der Waals surface area contributed by atoms with Crippen molar-refractivity contribution in [3.63, 3.8) is 0 Å². The lowest BCUT2D eigenvalue weighted by Gasteiger charge is -2.28. The molecule has 0 spiro atoms. The van der Waals surface area contributed by atoms with Gasteiger partial charge in [0.15, 0.2) is 0 Å². The Labute approximate surface area is 420 Å². The molecule has 0 radical (unpaired) electrons. The van der Waals surface area contributed by atoms with Crippen molar-refractivity contribution >= 4 is 35.7 Å². The van der Waals surface area contributed by atoms with Crippen LogP contribution in [0.25, 0.3) is 0 Å².